The van der Waals surface area contributed by atoms with Crippen molar-refractivity contribution in [3.05, 3.63) is 48.2 Å². The molecule has 0 aliphatic rings. The summed E-state index contributed by atoms with van der Waals surface area (Å²) in [6.45, 7) is 3.92. The Morgan fingerprint density at radius 3 is 2.23 bits per heavy atom. The van der Waals surface area contributed by atoms with Gasteiger partial charge in [0.2, 0.25) is 11.8 Å². The SMILES string of the molecule is CCCCCCCCCCCC(=O)N(CCOC)CC(=O)N(Cc1ccco1)Cc1cccn1C. The highest BCUT2D eigenvalue weighted by molar-refractivity contribution is 5.84. The summed E-state index contributed by atoms with van der Waals surface area (Å²) in [6, 6.07) is 7.65. The van der Waals surface area contributed by atoms with Gasteiger partial charge in [0.15, 0.2) is 0 Å². The Kier molecular flexibility index (Phi) is 13.9. The van der Waals surface area contributed by atoms with E-state index in [0.29, 0.717) is 32.7 Å². The van der Waals surface area contributed by atoms with Crippen molar-refractivity contribution >= 4 is 11.8 Å². The zero-order valence-electron chi connectivity index (χ0n) is 22.0. The molecule has 0 aliphatic heterocycles. The molecule has 0 aliphatic carbocycles. The molecule has 2 amide bonds. The molecule has 0 aromatic carbocycles. The first-order chi connectivity index (χ1) is 17.0. The zero-order chi connectivity index (χ0) is 25.3. The van der Waals surface area contributed by atoms with Crippen molar-refractivity contribution < 1.29 is 18.7 Å². The van der Waals surface area contributed by atoms with E-state index in [1.807, 2.05) is 42.1 Å². The Morgan fingerprint density at radius 2 is 1.63 bits per heavy atom. The van der Waals surface area contributed by atoms with Gasteiger partial charge in [0.1, 0.15) is 5.76 Å². The first kappa shape index (κ1) is 28.7. The number of carbonyl (C=O) groups is 2. The van der Waals surface area contributed by atoms with Crippen molar-refractivity contribution in [3.8, 4) is 0 Å². The molecule has 0 unspecified atom stereocenters. The van der Waals surface area contributed by atoms with Gasteiger partial charge in [-0.2, -0.15) is 0 Å². The van der Waals surface area contributed by atoms with Crippen molar-refractivity contribution in [1.29, 1.82) is 0 Å². The number of hydrogen-bond acceptors (Lipinski definition) is 4. The number of methoxy groups -OCH3 is 1. The molecule has 2 heterocycles. The lowest BCUT2D eigenvalue weighted by atomic mass is 10.1. The molecule has 0 atom stereocenters. The Bertz CT molecular complexity index is 831. The number of amides is 2. The summed E-state index contributed by atoms with van der Waals surface area (Å²) in [5, 5.41) is 0. The maximum atomic E-state index is 13.3. The van der Waals surface area contributed by atoms with Gasteiger partial charge < -0.3 is 23.5 Å². The van der Waals surface area contributed by atoms with Crippen LogP contribution in [0.3, 0.4) is 0 Å². The summed E-state index contributed by atoms with van der Waals surface area (Å²) >= 11 is 0. The van der Waals surface area contributed by atoms with Crippen LogP contribution < -0.4 is 0 Å². The number of carbonyl (C=O) groups excluding carboxylic acids is 2. The second-order valence-electron chi connectivity index (χ2n) is 9.33. The van der Waals surface area contributed by atoms with Crippen LogP contribution in [0.25, 0.3) is 0 Å². The summed E-state index contributed by atoms with van der Waals surface area (Å²) in [5.41, 5.74) is 1.02. The summed E-state index contributed by atoms with van der Waals surface area (Å²) in [4.78, 5) is 29.7. The number of rotatable bonds is 19. The molecule has 2 aromatic heterocycles. The Morgan fingerprint density at radius 1 is 0.914 bits per heavy atom. The lowest BCUT2D eigenvalue weighted by Gasteiger charge is -2.27. The van der Waals surface area contributed by atoms with Crippen LogP contribution in [0.15, 0.2) is 41.1 Å². The molecule has 0 spiro atoms. The molecule has 0 fully saturated rings. The van der Waals surface area contributed by atoms with Crippen molar-refractivity contribution in [2.24, 2.45) is 7.05 Å². The van der Waals surface area contributed by atoms with E-state index in [2.05, 4.69) is 6.92 Å². The van der Waals surface area contributed by atoms with Crippen LogP contribution in [0, 0.1) is 0 Å². The van der Waals surface area contributed by atoms with Crippen LogP contribution in [0.5, 0.6) is 0 Å². The highest BCUT2D eigenvalue weighted by Gasteiger charge is 2.22. The minimum Gasteiger partial charge on any atom is -0.467 e. The third-order valence-corrected chi connectivity index (χ3v) is 6.42. The lowest BCUT2D eigenvalue weighted by molar-refractivity contribution is -0.142. The van der Waals surface area contributed by atoms with Gasteiger partial charge in [0, 0.05) is 39.0 Å². The van der Waals surface area contributed by atoms with Gasteiger partial charge in [0.25, 0.3) is 0 Å². The van der Waals surface area contributed by atoms with Gasteiger partial charge in [-0.1, -0.05) is 58.3 Å². The van der Waals surface area contributed by atoms with Gasteiger partial charge in [-0.15, -0.1) is 0 Å². The number of aryl methyl sites for hydroxylation is 1. The quantitative estimate of drug-likeness (QED) is 0.244. The van der Waals surface area contributed by atoms with E-state index in [1.54, 1.807) is 23.2 Å². The molecule has 0 bridgehead atoms. The fourth-order valence-electron chi connectivity index (χ4n) is 4.18. The van der Waals surface area contributed by atoms with Crippen LogP contribution in [-0.4, -0.2) is 53.0 Å². The third-order valence-electron chi connectivity index (χ3n) is 6.42. The van der Waals surface area contributed by atoms with Crippen molar-refractivity contribution in [1.82, 2.24) is 14.4 Å². The van der Waals surface area contributed by atoms with Gasteiger partial charge in [0.05, 0.1) is 32.5 Å². The molecule has 0 saturated heterocycles. The van der Waals surface area contributed by atoms with E-state index in [9.17, 15) is 9.59 Å². The van der Waals surface area contributed by atoms with Crippen molar-refractivity contribution in [3.63, 3.8) is 0 Å². The molecule has 7 nitrogen and oxygen atoms in total. The molecule has 0 N–H and O–H groups in total. The predicted molar refractivity (Wildman–Crippen MR) is 139 cm³/mol. The van der Waals surface area contributed by atoms with Gasteiger partial charge in [-0.3, -0.25) is 9.59 Å². The van der Waals surface area contributed by atoms with E-state index in [4.69, 9.17) is 9.15 Å². The van der Waals surface area contributed by atoms with E-state index in [0.717, 1.165) is 24.3 Å². The second-order valence-corrected chi connectivity index (χ2v) is 9.33. The zero-order valence-corrected chi connectivity index (χ0v) is 22.0. The number of furan rings is 1. The number of hydrogen-bond donors (Lipinski definition) is 0. The van der Waals surface area contributed by atoms with E-state index in [1.165, 1.54) is 44.9 Å². The fraction of sp³-hybridized carbons (Fsp3) is 0.643. The van der Waals surface area contributed by atoms with Crippen LogP contribution in [0.2, 0.25) is 0 Å². The summed E-state index contributed by atoms with van der Waals surface area (Å²) in [5.74, 6) is 0.645. The monoisotopic (exact) mass is 487 g/mol. The minimum atomic E-state index is -0.0980. The Labute approximate surface area is 211 Å². The molecular formula is C28H45N3O4. The summed E-state index contributed by atoms with van der Waals surface area (Å²) in [6.07, 6.45) is 14.9. The average Bonchev–Trinajstić information content (AvgIpc) is 3.51. The highest BCUT2D eigenvalue weighted by Crippen LogP contribution is 2.14. The largest absolute Gasteiger partial charge is 0.467 e. The van der Waals surface area contributed by atoms with Crippen LogP contribution in [0.4, 0.5) is 0 Å². The standard InChI is InChI=1S/C28H45N3O4/c1-4-5-6-7-8-9-10-11-12-17-27(32)30(19-21-34-3)24-28(33)31(23-26-16-14-20-35-26)22-25-15-13-18-29(25)2/h13-16,18,20H,4-12,17,19,21-24H2,1-3H3. The number of unbranched alkanes of at least 4 members (excludes halogenated alkanes) is 8. The molecule has 196 valence electrons. The average molecular weight is 488 g/mol. The van der Waals surface area contributed by atoms with Crippen molar-refractivity contribution in [2.45, 2.75) is 84.2 Å². The smallest absolute Gasteiger partial charge is 0.242 e. The van der Waals surface area contributed by atoms with E-state index >= 15 is 0 Å². The van der Waals surface area contributed by atoms with Crippen molar-refractivity contribution in [2.75, 3.05) is 26.8 Å². The molecule has 2 rings (SSSR count). The number of aromatic nitrogens is 1. The number of nitrogens with zero attached hydrogens (tertiary/aromatic N) is 3. The second kappa shape index (κ2) is 17.0. The topological polar surface area (TPSA) is 67.9 Å². The first-order valence-electron chi connectivity index (χ1n) is 13.2. The third kappa shape index (κ3) is 11.2. The Balaban J connectivity index is 1.87. The summed E-state index contributed by atoms with van der Waals surface area (Å²) < 4.78 is 12.7. The lowest BCUT2D eigenvalue weighted by Crippen LogP contribution is -2.43. The minimum absolute atomic E-state index is 0.0233. The maximum Gasteiger partial charge on any atom is 0.242 e. The van der Waals surface area contributed by atoms with Gasteiger partial charge >= 0.3 is 0 Å². The number of ether oxygens (including phenoxy) is 1. The molecule has 35 heavy (non-hydrogen) atoms. The first-order valence-corrected chi connectivity index (χ1v) is 13.2. The predicted octanol–water partition coefficient (Wildman–Crippen LogP) is 5.54. The van der Waals surface area contributed by atoms with E-state index in [-0.39, 0.29) is 18.4 Å². The van der Waals surface area contributed by atoms with Crippen LogP contribution >= 0.6 is 0 Å². The van der Waals surface area contributed by atoms with Crippen LogP contribution in [-0.2, 0) is 34.5 Å². The molecule has 0 radical (unpaired) electrons. The molecule has 0 saturated carbocycles. The van der Waals surface area contributed by atoms with Gasteiger partial charge in [-0.25, -0.2) is 0 Å². The van der Waals surface area contributed by atoms with Crippen LogP contribution in [0.1, 0.15) is 82.6 Å². The fourth-order valence-corrected chi connectivity index (χ4v) is 4.18. The van der Waals surface area contributed by atoms with Gasteiger partial charge in [-0.05, 0) is 30.7 Å². The summed E-state index contributed by atoms with van der Waals surface area (Å²) in [7, 11) is 3.58. The molecule has 7 heteroatoms. The Hall–Kier alpha value is -2.54. The molecule has 2 aromatic rings. The highest BCUT2D eigenvalue weighted by atomic mass is 16.5. The maximum absolute atomic E-state index is 13.3. The van der Waals surface area contributed by atoms with E-state index < -0.39 is 0 Å². The normalized spacial score (nSPS) is 11.1. The molecular weight excluding hydrogens is 442 g/mol.